The van der Waals surface area contributed by atoms with Crippen molar-refractivity contribution in [2.24, 2.45) is 0 Å². The molecule has 0 aromatic heterocycles. The largest absolute Gasteiger partial charge is 0.376 e. The van der Waals surface area contributed by atoms with E-state index in [0.717, 1.165) is 12.8 Å². The van der Waals surface area contributed by atoms with Gasteiger partial charge in [-0.25, -0.2) is 16.8 Å². The molecule has 2 atom stereocenters. The predicted octanol–water partition coefficient (Wildman–Crippen LogP) is 0.556. The first-order valence-electron chi connectivity index (χ1n) is 8.22. The van der Waals surface area contributed by atoms with Crippen molar-refractivity contribution in [1.82, 2.24) is 5.32 Å². The van der Waals surface area contributed by atoms with E-state index in [4.69, 9.17) is 4.74 Å². The van der Waals surface area contributed by atoms with Crippen LogP contribution >= 0.6 is 0 Å². The van der Waals surface area contributed by atoms with Crippen LogP contribution in [0.25, 0.3) is 0 Å². The summed E-state index contributed by atoms with van der Waals surface area (Å²) in [5, 5.41) is 1.87. The molecular formula is C16H21NO6S2. The van der Waals surface area contributed by atoms with Gasteiger partial charge in [0, 0.05) is 18.7 Å². The minimum Gasteiger partial charge on any atom is -0.376 e. The Morgan fingerprint density at radius 1 is 1.20 bits per heavy atom. The molecule has 9 heteroatoms. The molecule has 7 nitrogen and oxygen atoms in total. The minimum atomic E-state index is -3.71. The number of ether oxygens (including phenoxy) is 1. The van der Waals surface area contributed by atoms with Crippen molar-refractivity contribution < 1.29 is 26.4 Å². The van der Waals surface area contributed by atoms with Gasteiger partial charge in [0.15, 0.2) is 19.7 Å². The van der Waals surface area contributed by atoms with Crippen LogP contribution in [0.15, 0.2) is 29.2 Å². The Kier molecular flexibility index (Phi) is 5.17. The van der Waals surface area contributed by atoms with E-state index in [-0.39, 0.29) is 34.8 Å². The van der Waals surface area contributed by atoms with Gasteiger partial charge >= 0.3 is 0 Å². The van der Waals surface area contributed by atoms with Crippen LogP contribution in [0.4, 0.5) is 0 Å². The van der Waals surface area contributed by atoms with Gasteiger partial charge in [-0.15, -0.1) is 0 Å². The Morgan fingerprint density at radius 2 is 1.92 bits per heavy atom. The molecule has 2 aliphatic rings. The molecule has 1 aromatic rings. The molecule has 0 unspecified atom stereocenters. The highest BCUT2D eigenvalue weighted by Gasteiger charge is 2.38. The zero-order chi connectivity index (χ0) is 18.1. The van der Waals surface area contributed by atoms with Crippen molar-refractivity contribution >= 4 is 25.6 Å². The van der Waals surface area contributed by atoms with Gasteiger partial charge in [-0.3, -0.25) is 4.79 Å². The lowest BCUT2D eigenvalue weighted by Gasteiger charge is -2.12. The van der Waals surface area contributed by atoms with Crippen LogP contribution in [0.1, 0.15) is 29.6 Å². The SMILES string of the molecule is O=C(NC[C@@H]1CCCO1)c1ccc(S(=O)(=O)[C@@H]2CCS(=O)(=O)C2)cc1. The van der Waals surface area contributed by atoms with Gasteiger partial charge in [-0.05, 0) is 43.5 Å². The second-order valence-corrected chi connectivity index (χ2v) is 10.9. The summed E-state index contributed by atoms with van der Waals surface area (Å²) in [4.78, 5) is 12.2. The normalized spacial score (nSPS) is 25.8. The highest BCUT2D eigenvalue weighted by atomic mass is 32.2. The highest BCUT2D eigenvalue weighted by molar-refractivity contribution is 7.96. The Balaban J connectivity index is 1.66. The molecule has 0 bridgehead atoms. The molecular weight excluding hydrogens is 366 g/mol. The standard InChI is InChI=1S/C16H21NO6S2/c18-16(17-10-13-2-1-8-23-13)12-3-5-14(6-4-12)25(21,22)15-7-9-24(19,20)11-15/h3-6,13,15H,1-2,7-11H2,(H,17,18)/t13-,15+/m0/s1. The summed E-state index contributed by atoms with van der Waals surface area (Å²) < 4.78 is 53.5. The van der Waals surface area contributed by atoms with E-state index in [9.17, 15) is 21.6 Å². The molecule has 3 rings (SSSR count). The molecule has 0 radical (unpaired) electrons. The molecule has 0 spiro atoms. The Hall–Kier alpha value is -1.45. The van der Waals surface area contributed by atoms with Crippen LogP contribution in [0, 0.1) is 0 Å². The average Bonchev–Trinajstić information content (AvgIpc) is 3.22. The number of nitrogens with one attached hydrogen (secondary N) is 1. The van der Waals surface area contributed by atoms with E-state index < -0.39 is 24.9 Å². The summed E-state index contributed by atoms with van der Waals surface area (Å²) in [5.41, 5.74) is 0.357. The molecule has 1 N–H and O–H groups in total. The molecule has 1 aromatic carbocycles. The fourth-order valence-corrected chi connectivity index (χ4v) is 7.47. The molecule has 25 heavy (non-hydrogen) atoms. The summed E-state index contributed by atoms with van der Waals surface area (Å²) in [6.45, 7) is 1.14. The summed E-state index contributed by atoms with van der Waals surface area (Å²) in [6, 6.07) is 5.62. The van der Waals surface area contributed by atoms with Gasteiger partial charge in [0.05, 0.1) is 27.8 Å². The van der Waals surface area contributed by atoms with Crippen LogP contribution in [-0.4, -0.2) is 58.8 Å². The van der Waals surface area contributed by atoms with E-state index in [1.807, 2.05) is 0 Å². The first-order valence-corrected chi connectivity index (χ1v) is 11.6. The zero-order valence-electron chi connectivity index (χ0n) is 13.7. The Morgan fingerprint density at radius 3 is 2.48 bits per heavy atom. The predicted molar refractivity (Wildman–Crippen MR) is 92.0 cm³/mol. The van der Waals surface area contributed by atoms with Crippen LogP contribution < -0.4 is 5.32 Å². The van der Waals surface area contributed by atoms with Crippen molar-refractivity contribution in [3.05, 3.63) is 29.8 Å². The van der Waals surface area contributed by atoms with E-state index >= 15 is 0 Å². The number of benzene rings is 1. The summed E-state index contributed by atoms with van der Waals surface area (Å²) in [7, 11) is -6.99. The summed E-state index contributed by atoms with van der Waals surface area (Å²) >= 11 is 0. The van der Waals surface area contributed by atoms with Crippen molar-refractivity contribution in [2.45, 2.75) is 35.5 Å². The third kappa shape index (κ3) is 4.21. The molecule has 138 valence electrons. The van der Waals surface area contributed by atoms with Gasteiger partial charge < -0.3 is 10.1 Å². The number of rotatable bonds is 5. The molecule has 1 amide bonds. The van der Waals surface area contributed by atoms with Crippen LogP contribution in [-0.2, 0) is 24.4 Å². The van der Waals surface area contributed by atoms with Crippen molar-refractivity contribution in [3.8, 4) is 0 Å². The average molecular weight is 387 g/mol. The minimum absolute atomic E-state index is 0.0351. The van der Waals surface area contributed by atoms with E-state index in [1.54, 1.807) is 0 Å². The van der Waals surface area contributed by atoms with Crippen LogP contribution in [0.3, 0.4) is 0 Å². The fourth-order valence-electron chi connectivity index (χ4n) is 3.11. The topological polar surface area (TPSA) is 107 Å². The van der Waals surface area contributed by atoms with Crippen LogP contribution in [0.5, 0.6) is 0 Å². The van der Waals surface area contributed by atoms with E-state index in [2.05, 4.69) is 5.32 Å². The molecule has 0 saturated carbocycles. The maximum atomic E-state index is 12.5. The van der Waals surface area contributed by atoms with E-state index in [1.165, 1.54) is 24.3 Å². The van der Waals surface area contributed by atoms with Gasteiger partial charge in [-0.1, -0.05) is 0 Å². The van der Waals surface area contributed by atoms with Crippen LogP contribution in [0.2, 0.25) is 0 Å². The summed E-state index contributed by atoms with van der Waals surface area (Å²) in [5.74, 6) is -0.720. The van der Waals surface area contributed by atoms with Gasteiger partial charge in [0.25, 0.3) is 5.91 Å². The lowest BCUT2D eigenvalue weighted by molar-refractivity contribution is 0.0857. The molecule has 2 saturated heterocycles. The highest BCUT2D eigenvalue weighted by Crippen LogP contribution is 2.25. The lowest BCUT2D eigenvalue weighted by Crippen LogP contribution is -2.31. The number of hydrogen-bond donors (Lipinski definition) is 1. The zero-order valence-corrected chi connectivity index (χ0v) is 15.3. The first kappa shape index (κ1) is 18.3. The second kappa shape index (κ2) is 7.05. The van der Waals surface area contributed by atoms with E-state index in [0.29, 0.717) is 18.7 Å². The quantitative estimate of drug-likeness (QED) is 0.791. The fraction of sp³-hybridized carbons (Fsp3) is 0.562. The van der Waals surface area contributed by atoms with Gasteiger partial charge in [0.1, 0.15) is 0 Å². The van der Waals surface area contributed by atoms with Crippen molar-refractivity contribution in [1.29, 1.82) is 0 Å². The van der Waals surface area contributed by atoms with Crippen molar-refractivity contribution in [3.63, 3.8) is 0 Å². The molecule has 2 fully saturated rings. The number of amides is 1. The number of carbonyl (C=O) groups excluding carboxylic acids is 1. The maximum Gasteiger partial charge on any atom is 0.251 e. The van der Waals surface area contributed by atoms with Crippen molar-refractivity contribution in [2.75, 3.05) is 24.7 Å². The van der Waals surface area contributed by atoms with Gasteiger partial charge in [-0.2, -0.15) is 0 Å². The number of carbonyl (C=O) groups is 1. The summed E-state index contributed by atoms with van der Waals surface area (Å²) in [6.07, 6.45) is 2.06. The smallest absolute Gasteiger partial charge is 0.251 e. The Bertz CT molecular complexity index is 839. The molecule has 2 heterocycles. The number of sulfone groups is 2. The van der Waals surface area contributed by atoms with Gasteiger partial charge in [0.2, 0.25) is 0 Å². The molecule has 2 aliphatic heterocycles. The third-order valence-corrected chi connectivity index (χ3v) is 8.78. The second-order valence-electron chi connectivity index (χ2n) is 6.44. The third-order valence-electron chi connectivity index (χ3n) is 4.59. The molecule has 0 aliphatic carbocycles. The lowest BCUT2D eigenvalue weighted by atomic mass is 10.2. The maximum absolute atomic E-state index is 12.5. The monoisotopic (exact) mass is 387 g/mol. The Labute approximate surface area is 147 Å². The number of hydrogen-bond acceptors (Lipinski definition) is 6. The first-order chi connectivity index (χ1) is 11.8.